The summed E-state index contributed by atoms with van der Waals surface area (Å²) >= 11 is 0. The topological polar surface area (TPSA) is 47.1 Å². The van der Waals surface area contributed by atoms with Crippen molar-refractivity contribution in [2.75, 3.05) is 6.54 Å². The van der Waals surface area contributed by atoms with Gasteiger partial charge in [0.1, 0.15) is 17.3 Å². The SMILES string of the molecule is Cc1cc(C2CCCCN2Cc2cn(C)c(C)n2)no1. The minimum atomic E-state index is 0.364. The number of hydrogen-bond acceptors (Lipinski definition) is 4. The molecule has 108 valence electrons. The molecule has 20 heavy (non-hydrogen) atoms. The number of hydrogen-bond donors (Lipinski definition) is 0. The van der Waals surface area contributed by atoms with Crippen molar-refractivity contribution in [2.24, 2.45) is 7.05 Å². The van der Waals surface area contributed by atoms with Crippen LogP contribution in [0.5, 0.6) is 0 Å². The predicted octanol–water partition coefficient (Wildman–Crippen LogP) is 2.75. The molecule has 5 heteroatoms. The number of piperidine rings is 1. The summed E-state index contributed by atoms with van der Waals surface area (Å²) in [4.78, 5) is 7.09. The number of aryl methyl sites for hydroxylation is 3. The molecule has 3 rings (SSSR count). The van der Waals surface area contributed by atoms with Crippen molar-refractivity contribution in [3.8, 4) is 0 Å². The van der Waals surface area contributed by atoms with Gasteiger partial charge in [0, 0.05) is 25.9 Å². The average molecular weight is 274 g/mol. The van der Waals surface area contributed by atoms with Crippen molar-refractivity contribution >= 4 is 0 Å². The van der Waals surface area contributed by atoms with Crippen LogP contribution in [0.3, 0.4) is 0 Å². The van der Waals surface area contributed by atoms with Crippen molar-refractivity contribution in [3.05, 3.63) is 35.2 Å². The standard InChI is InChI=1S/C15H22N4O/c1-11-8-14(17-20-11)15-6-4-5-7-19(15)10-13-9-18(3)12(2)16-13/h8-9,15H,4-7,10H2,1-3H3. The second-order valence-electron chi connectivity index (χ2n) is 5.73. The maximum Gasteiger partial charge on any atom is 0.133 e. The van der Waals surface area contributed by atoms with Crippen LogP contribution in [0.1, 0.15) is 48.3 Å². The molecule has 1 aliphatic rings. The van der Waals surface area contributed by atoms with Crippen LogP contribution in [0.15, 0.2) is 16.8 Å². The highest BCUT2D eigenvalue weighted by Crippen LogP contribution is 2.31. The second kappa shape index (κ2) is 5.40. The maximum absolute atomic E-state index is 5.24. The molecule has 0 bridgehead atoms. The van der Waals surface area contributed by atoms with Gasteiger partial charge in [0.25, 0.3) is 0 Å². The third-order valence-electron chi connectivity index (χ3n) is 4.12. The Morgan fingerprint density at radius 2 is 2.20 bits per heavy atom. The molecule has 3 heterocycles. The van der Waals surface area contributed by atoms with Gasteiger partial charge in [0.05, 0.1) is 11.7 Å². The number of aromatic nitrogens is 3. The van der Waals surface area contributed by atoms with Gasteiger partial charge in [-0.05, 0) is 33.2 Å². The normalized spacial score (nSPS) is 20.4. The Morgan fingerprint density at radius 3 is 2.85 bits per heavy atom. The number of nitrogens with zero attached hydrogens (tertiary/aromatic N) is 4. The van der Waals surface area contributed by atoms with Gasteiger partial charge in [-0.3, -0.25) is 4.90 Å². The van der Waals surface area contributed by atoms with E-state index in [1.54, 1.807) is 0 Å². The van der Waals surface area contributed by atoms with E-state index >= 15 is 0 Å². The Kier molecular flexibility index (Phi) is 3.61. The average Bonchev–Trinajstić information content (AvgIpc) is 2.97. The molecule has 2 aromatic rings. The molecule has 2 aromatic heterocycles. The second-order valence-corrected chi connectivity index (χ2v) is 5.73. The summed E-state index contributed by atoms with van der Waals surface area (Å²) in [5.74, 6) is 1.95. The van der Waals surface area contributed by atoms with E-state index in [1.807, 2.05) is 20.9 Å². The number of likely N-dealkylation sites (tertiary alicyclic amines) is 1. The van der Waals surface area contributed by atoms with E-state index in [4.69, 9.17) is 4.52 Å². The molecule has 1 saturated heterocycles. The fourth-order valence-electron chi connectivity index (χ4n) is 2.97. The molecule has 0 aliphatic carbocycles. The molecule has 1 unspecified atom stereocenters. The molecule has 0 spiro atoms. The quantitative estimate of drug-likeness (QED) is 0.863. The van der Waals surface area contributed by atoms with Gasteiger partial charge in [-0.1, -0.05) is 11.6 Å². The van der Waals surface area contributed by atoms with Crippen LogP contribution in [-0.2, 0) is 13.6 Å². The number of rotatable bonds is 3. The van der Waals surface area contributed by atoms with Crippen LogP contribution in [0.2, 0.25) is 0 Å². The van der Waals surface area contributed by atoms with E-state index in [9.17, 15) is 0 Å². The molecule has 1 atom stereocenters. The molecule has 1 aliphatic heterocycles. The van der Waals surface area contributed by atoms with Crippen LogP contribution in [0.4, 0.5) is 0 Å². The van der Waals surface area contributed by atoms with E-state index in [2.05, 4.69) is 31.9 Å². The summed E-state index contributed by atoms with van der Waals surface area (Å²) in [6.45, 7) is 5.98. The Labute approximate surface area is 119 Å². The van der Waals surface area contributed by atoms with E-state index in [0.717, 1.165) is 42.5 Å². The zero-order valence-corrected chi connectivity index (χ0v) is 12.5. The van der Waals surface area contributed by atoms with Crippen LogP contribution >= 0.6 is 0 Å². The summed E-state index contributed by atoms with van der Waals surface area (Å²) in [5, 5.41) is 4.21. The van der Waals surface area contributed by atoms with Crippen molar-refractivity contribution in [1.82, 2.24) is 19.6 Å². The first-order valence-corrected chi connectivity index (χ1v) is 7.29. The first-order valence-electron chi connectivity index (χ1n) is 7.29. The fraction of sp³-hybridized carbons (Fsp3) is 0.600. The fourth-order valence-corrected chi connectivity index (χ4v) is 2.97. The summed E-state index contributed by atoms with van der Waals surface area (Å²) in [6, 6.07) is 2.43. The van der Waals surface area contributed by atoms with Crippen molar-refractivity contribution in [3.63, 3.8) is 0 Å². The van der Waals surface area contributed by atoms with Gasteiger partial charge in [-0.15, -0.1) is 0 Å². The summed E-state index contributed by atoms with van der Waals surface area (Å²) in [7, 11) is 2.04. The third kappa shape index (κ3) is 2.63. The van der Waals surface area contributed by atoms with Crippen LogP contribution in [0.25, 0.3) is 0 Å². The Hall–Kier alpha value is -1.62. The molecular weight excluding hydrogens is 252 g/mol. The Bertz CT molecular complexity index is 567. The summed E-state index contributed by atoms with van der Waals surface area (Å²) in [5.41, 5.74) is 2.20. The Balaban J connectivity index is 1.78. The molecule has 0 saturated carbocycles. The van der Waals surface area contributed by atoms with E-state index < -0.39 is 0 Å². The molecule has 5 nitrogen and oxygen atoms in total. The van der Waals surface area contributed by atoms with Gasteiger partial charge in [0.2, 0.25) is 0 Å². The lowest BCUT2D eigenvalue weighted by Crippen LogP contribution is -2.33. The zero-order valence-electron chi connectivity index (χ0n) is 12.5. The van der Waals surface area contributed by atoms with Crippen molar-refractivity contribution < 1.29 is 4.52 Å². The van der Waals surface area contributed by atoms with Gasteiger partial charge in [0.15, 0.2) is 0 Å². The van der Waals surface area contributed by atoms with E-state index in [-0.39, 0.29) is 0 Å². The van der Waals surface area contributed by atoms with Crippen LogP contribution in [0, 0.1) is 13.8 Å². The summed E-state index contributed by atoms with van der Waals surface area (Å²) < 4.78 is 7.32. The highest BCUT2D eigenvalue weighted by atomic mass is 16.5. The minimum Gasteiger partial charge on any atom is -0.361 e. The highest BCUT2D eigenvalue weighted by Gasteiger charge is 2.27. The molecule has 0 amide bonds. The van der Waals surface area contributed by atoms with Gasteiger partial charge >= 0.3 is 0 Å². The minimum absolute atomic E-state index is 0.364. The largest absolute Gasteiger partial charge is 0.361 e. The Morgan fingerprint density at radius 1 is 1.35 bits per heavy atom. The molecule has 1 fully saturated rings. The number of imidazole rings is 1. The monoisotopic (exact) mass is 274 g/mol. The lowest BCUT2D eigenvalue weighted by atomic mass is 9.99. The van der Waals surface area contributed by atoms with Gasteiger partial charge in [-0.25, -0.2) is 4.98 Å². The van der Waals surface area contributed by atoms with Crippen molar-refractivity contribution in [1.29, 1.82) is 0 Å². The highest BCUT2D eigenvalue weighted by molar-refractivity contribution is 5.11. The molecule has 0 N–H and O–H groups in total. The third-order valence-corrected chi connectivity index (χ3v) is 4.12. The maximum atomic E-state index is 5.24. The first kappa shape index (κ1) is 13.4. The van der Waals surface area contributed by atoms with Gasteiger partial charge < -0.3 is 9.09 Å². The molecule has 0 radical (unpaired) electrons. The predicted molar refractivity (Wildman–Crippen MR) is 76.2 cm³/mol. The van der Waals surface area contributed by atoms with Gasteiger partial charge in [-0.2, -0.15) is 0 Å². The van der Waals surface area contributed by atoms with E-state index in [1.165, 1.54) is 12.8 Å². The van der Waals surface area contributed by atoms with Crippen molar-refractivity contribution in [2.45, 2.75) is 45.7 Å². The zero-order chi connectivity index (χ0) is 14.1. The lowest BCUT2D eigenvalue weighted by Gasteiger charge is -2.33. The van der Waals surface area contributed by atoms with Crippen LogP contribution < -0.4 is 0 Å². The smallest absolute Gasteiger partial charge is 0.133 e. The lowest BCUT2D eigenvalue weighted by molar-refractivity contribution is 0.132. The first-order chi connectivity index (χ1) is 9.63. The molecule has 0 aromatic carbocycles. The van der Waals surface area contributed by atoms with E-state index in [0.29, 0.717) is 6.04 Å². The molecular formula is C15H22N4O. The summed E-state index contributed by atoms with van der Waals surface area (Å²) in [6.07, 6.45) is 5.78. The van der Waals surface area contributed by atoms with Crippen LogP contribution in [-0.4, -0.2) is 26.2 Å².